The molecule has 6 aromatic rings. The minimum Gasteiger partial charge on any atom is -0.345 e. The molecule has 0 saturated carbocycles. The van der Waals surface area contributed by atoms with E-state index in [1.807, 2.05) is 6.20 Å². The average Bonchev–Trinajstić information content (AvgIpc) is 3.48. The first-order valence-corrected chi connectivity index (χ1v) is 16.3. The number of hydrogen-bond donors (Lipinski definition) is 0. The van der Waals surface area contributed by atoms with Gasteiger partial charge in [-0.3, -0.25) is 4.98 Å². The number of imidazole rings is 1. The van der Waals surface area contributed by atoms with Crippen molar-refractivity contribution in [3.05, 3.63) is 175 Å². The molecule has 0 saturated heterocycles. The maximum atomic E-state index is 4.89. The van der Waals surface area contributed by atoms with Gasteiger partial charge < -0.3 is 4.57 Å². The molecular weight excluding hydrogens is 511 g/mol. The van der Waals surface area contributed by atoms with Crippen molar-refractivity contribution < 1.29 is 0 Å². The van der Waals surface area contributed by atoms with E-state index in [-0.39, 0.29) is 0 Å². The van der Waals surface area contributed by atoms with Gasteiger partial charge in [-0.2, -0.15) is 0 Å². The Morgan fingerprint density at radius 2 is 1.17 bits per heavy atom. The predicted molar refractivity (Wildman–Crippen MR) is 177 cm³/mol. The molecule has 41 heavy (non-hydrogen) atoms. The summed E-state index contributed by atoms with van der Waals surface area (Å²) in [6.07, 6.45) is 7.15. The number of nitrogens with zero attached hydrogens (tertiary/aromatic N) is 2. The molecule has 4 heteroatoms. The van der Waals surface area contributed by atoms with Gasteiger partial charge in [0.1, 0.15) is 0 Å². The third-order valence-corrected chi connectivity index (χ3v) is 12.5. The van der Waals surface area contributed by atoms with E-state index in [0.717, 1.165) is 22.9 Å². The second-order valence-corrected chi connectivity index (χ2v) is 14.3. The Hall–Kier alpha value is -4.67. The van der Waals surface area contributed by atoms with Gasteiger partial charge in [0.05, 0.1) is 5.72 Å². The van der Waals surface area contributed by atoms with Gasteiger partial charge in [-0.1, -0.05) is 163 Å². The number of aromatic nitrogens is 2. The van der Waals surface area contributed by atoms with Crippen LogP contribution in [0.4, 0.5) is 0 Å². The lowest BCUT2D eigenvalue weighted by Gasteiger charge is -2.34. The molecule has 0 aliphatic rings. The second kappa shape index (κ2) is 12.2. The van der Waals surface area contributed by atoms with Crippen molar-refractivity contribution in [2.45, 2.75) is 13.1 Å². The van der Waals surface area contributed by atoms with Gasteiger partial charge in [0.25, 0.3) is 0 Å². The van der Waals surface area contributed by atoms with Crippen LogP contribution < -0.4 is 21.3 Å². The molecule has 0 unspecified atom stereocenters. The fourth-order valence-electron chi connectivity index (χ4n) is 5.61. The van der Waals surface area contributed by atoms with Gasteiger partial charge in [-0.15, -0.1) is 0 Å². The fraction of sp³-hybridized carbons (Fsp3) is 0.0541. The molecule has 0 spiro atoms. The molecule has 1 radical (unpaired) electrons. The lowest BCUT2D eigenvalue weighted by Crippen LogP contribution is -2.70. The third kappa shape index (κ3) is 5.79. The Kier molecular flexibility index (Phi) is 7.93. The maximum Gasteiger partial charge on any atom is 0.241 e. The van der Waals surface area contributed by atoms with Crippen LogP contribution in [0.2, 0.25) is 0 Å². The van der Waals surface area contributed by atoms with Crippen molar-refractivity contribution in [2.24, 2.45) is 0 Å². The monoisotopic (exact) mass is 543 g/mol. The summed E-state index contributed by atoms with van der Waals surface area (Å²) in [6.45, 7) is 2.16. The van der Waals surface area contributed by atoms with Crippen LogP contribution in [0.3, 0.4) is 0 Å². The second-order valence-electron chi connectivity index (χ2n) is 10.4. The molecule has 0 atom stereocenters. The van der Waals surface area contributed by atoms with Crippen molar-refractivity contribution in [2.75, 3.05) is 0 Å². The summed E-state index contributed by atoms with van der Waals surface area (Å²) in [4.78, 5) is 4.89. The molecule has 0 aliphatic carbocycles. The highest BCUT2D eigenvalue weighted by Gasteiger charge is 2.40. The van der Waals surface area contributed by atoms with Crippen LogP contribution in [0.15, 0.2) is 158 Å². The molecule has 1 aromatic heterocycles. The van der Waals surface area contributed by atoms with Crippen LogP contribution in [-0.4, -0.2) is 24.9 Å². The van der Waals surface area contributed by atoms with Crippen LogP contribution in [0.5, 0.6) is 0 Å². The van der Waals surface area contributed by atoms with E-state index in [2.05, 4.69) is 177 Å². The molecule has 6 rings (SSSR count). The minimum absolute atomic E-state index is 0.837. The average molecular weight is 544 g/mol. The summed E-state index contributed by atoms with van der Waals surface area (Å²) >= 11 is 0. The molecule has 0 aliphatic heterocycles. The van der Waals surface area contributed by atoms with E-state index < -0.39 is 8.07 Å². The topological polar surface area (TPSA) is 17.8 Å². The van der Waals surface area contributed by atoms with Crippen molar-refractivity contribution in [1.82, 2.24) is 9.55 Å². The lowest BCUT2D eigenvalue weighted by molar-refractivity contribution is 0.893. The van der Waals surface area contributed by atoms with Gasteiger partial charge >= 0.3 is 0 Å². The van der Waals surface area contributed by atoms with Gasteiger partial charge in [-0.05, 0) is 33.6 Å². The SMILES string of the molecule is Cc1ccc([Si](Cn2ccnc2[B]C(=Cc2ccccc2)c2ccccc2)(c2ccccc2)c2ccccc2)cc1. The zero-order chi connectivity index (χ0) is 27.9. The molecule has 197 valence electrons. The highest BCUT2D eigenvalue weighted by Crippen LogP contribution is 2.18. The summed E-state index contributed by atoms with van der Waals surface area (Å²) < 4.78 is 2.36. The van der Waals surface area contributed by atoms with Crippen molar-refractivity contribution in [3.63, 3.8) is 0 Å². The Morgan fingerprint density at radius 1 is 0.659 bits per heavy atom. The van der Waals surface area contributed by atoms with Crippen molar-refractivity contribution in [3.8, 4) is 0 Å². The van der Waals surface area contributed by atoms with E-state index >= 15 is 0 Å². The van der Waals surface area contributed by atoms with E-state index in [1.54, 1.807) is 0 Å². The zero-order valence-electron chi connectivity index (χ0n) is 23.3. The molecule has 0 fully saturated rings. The van der Waals surface area contributed by atoms with Gasteiger partial charge in [0, 0.05) is 18.6 Å². The van der Waals surface area contributed by atoms with Crippen molar-refractivity contribution >= 4 is 48.2 Å². The van der Waals surface area contributed by atoms with E-state index in [1.165, 1.54) is 26.7 Å². The van der Waals surface area contributed by atoms with Crippen LogP contribution in [0, 0.1) is 6.92 Å². The van der Waals surface area contributed by atoms with Crippen LogP contribution in [-0.2, 0) is 6.17 Å². The first kappa shape index (κ1) is 26.5. The van der Waals surface area contributed by atoms with E-state index in [0.29, 0.717) is 0 Å². The molecule has 0 N–H and O–H groups in total. The molecule has 0 amide bonds. The maximum absolute atomic E-state index is 4.89. The molecule has 2 nitrogen and oxygen atoms in total. The van der Waals surface area contributed by atoms with E-state index in [9.17, 15) is 0 Å². The number of rotatable bonds is 9. The summed E-state index contributed by atoms with van der Waals surface area (Å²) in [5, 5.41) is 4.17. The van der Waals surface area contributed by atoms with Crippen molar-refractivity contribution in [1.29, 1.82) is 0 Å². The van der Waals surface area contributed by atoms with Gasteiger partial charge in [0.2, 0.25) is 7.28 Å². The zero-order valence-corrected chi connectivity index (χ0v) is 24.3. The van der Waals surface area contributed by atoms with E-state index in [4.69, 9.17) is 4.98 Å². The largest absolute Gasteiger partial charge is 0.345 e. The summed E-state index contributed by atoms with van der Waals surface area (Å²) in [5.41, 5.74) is 5.68. The number of aryl methyl sites for hydroxylation is 1. The fourth-order valence-corrected chi connectivity index (χ4v) is 10.2. The lowest BCUT2D eigenvalue weighted by atomic mass is 9.65. The highest BCUT2D eigenvalue weighted by atomic mass is 28.3. The summed E-state index contributed by atoms with van der Waals surface area (Å²) in [5.74, 6) is 0. The number of hydrogen-bond acceptors (Lipinski definition) is 1. The first-order valence-electron chi connectivity index (χ1n) is 14.1. The Morgan fingerprint density at radius 3 is 1.76 bits per heavy atom. The summed E-state index contributed by atoms with van der Waals surface area (Å²) in [6, 6.07) is 52.4. The molecule has 5 aromatic carbocycles. The molecule has 0 bridgehead atoms. The van der Waals surface area contributed by atoms with Gasteiger partial charge in [0.15, 0.2) is 8.07 Å². The standard InChI is InChI=1S/C37H32BN2Si/c1-30-22-24-35(25-23-30)41(33-18-10-4-11-19-33,34-20-12-5-13-21-34)29-40-27-26-39-37(40)38-36(32-16-8-3-9-17-32)28-31-14-6-2-7-15-31/h2-28H,29H2,1H3. The predicted octanol–water partition coefficient (Wildman–Crippen LogP) is 5.43. The highest BCUT2D eigenvalue weighted by molar-refractivity contribution is 7.10. The quantitative estimate of drug-likeness (QED) is 0.135. The number of benzene rings is 5. The van der Waals surface area contributed by atoms with Gasteiger partial charge in [-0.25, -0.2) is 0 Å². The first-order chi connectivity index (χ1) is 20.2. The normalized spacial score (nSPS) is 11.8. The van der Waals surface area contributed by atoms with Crippen LogP contribution in [0.1, 0.15) is 16.7 Å². The Balaban J connectivity index is 1.48. The molecule has 1 heterocycles. The molecular formula is C37H32BN2Si. The van der Waals surface area contributed by atoms with Crippen LogP contribution >= 0.6 is 0 Å². The smallest absolute Gasteiger partial charge is 0.241 e. The Labute approximate surface area is 244 Å². The Bertz CT molecular complexity index is 1670. The van der Waals surface area contributed by atoms with Crippen LogP contribution in [0.25, 0.3) is 11.5 Å². The minimum atomic E-state index is -2.50. The third-order valence-electron chi connectivity index (χ3n) is 7.75. The summed E-state index contributed by atoms with van der Waals surface area (Å²) in [7, 11) is -0.275.